The van der Waals surface area contributed by atoms with E-state index < -0.39 is 6.10 Å². The van der Waals surface area contributed by atoms with Crippen LogP contribution in [0.4, 0.5) is 0 Å². The highest BCUT2D eigenvalue weighted by atomic mass is 16.5. The molecule has 0 saturated heterocycles. The Hall–Kier alpha value is -0.610. The van der Waals surface area contributed by atoms with Gasteiger partial charge in [-0.2, -0.15) is 0 Å². The first-order chi connectivity index (χ1) is 9.58. The number of likely N-dealkylation sites (N-methyl/N-ethyl adjacent to an activating group) is 1. The molecule has 1 unspecified atom stereocenters. The lowest BCUT2D eigenvalue weighted by atomic mass is 9.79. The van der Waals surface area contributed by atoms with E-state index in [0.29, 0.717) is 6.54 Å². The lowest BCUT2D eigenvalue weighted by Crippen LogP contribution is -2.40. The fourth-order valence-electron chi connectivity index (χ4n) is 3.15. The predicted molar refractivity (Wildman–Crippen MR) is 80.5 cm³/mol. The van der Waals surface area contributed by atoms with Crippen molar-refractivity contribution in [2.45, 2.75) is 58.0 Å². The van der Waals surface area contributed by atoms with Crippen LogP contribution >= 0.6 is 0 Å². The lowest BCUT2D eigenvalue weighted by molar-refractivity contribution is -0.137. The topological polar surface area (TPSA) is 49.8 Å². The smallest absolute Gasteiger partial charge is 0.225 e. The van der Waals surface area contributed by atoms with Crippen LogP contribution in [-0.4, -0.2) is 49.3 Å². The number of aliphatic hydroxyl groups excluding tert-OH is 1. The molecule has 20 heavy (non-hydrogen) atoms. The first kappa shape index (κ1) is 17.4. The fraction of sp³-hybridized carbons (Fsp3) is 0.938. The number of nitrogens with zero attached hydrogens (tertiary/aromatic N) is 1. The van der Waals surface area contributed by atoms with Gasteiger partial charge in [0.15, 0.2) is 0 Å². The fourth-order valence-corrected chi connectivity index (χ4v) is 3.15. The molecular formula is C16H31NO3. The normalized spacial score (nSPS) is 24.4. The molecule has 0 aromatic rings. The van der Waals surface area contributed by atoms with Crippen molar-refractivity contribution in [2.75, 3.05) is 27.3 Å². The van der Waals surface area contributed by atoms with Gasteiger partial charge in [-0.25, -0.2) is 0 Å². The van der Waals surface area contributed by atoms with Gasteiger partial charge < -0.3 is 14.7 Å². The highest BCUT2D eigenvalue weighted by Crippen LogP contribution is 2.32. The highest BCUT2D eigenvalue weighted by Gasteiger charge is 2.28. The Bertz CT molecular complexity index is 275. The molecule has 1 amide bonds. The Balaban J connectivity index is 2.30. The zero-order chi connectivity index (χ0) is 15.0. The second-order valence-corrected chi connectivity index (χ2v) is 6.19. The van der Waals surface area contributed by atoms with Crippen molar-refractivity contribution in [3.8, 4) is 0 Å². The van der Waals surface area contributed by atoms with Crippen LogP contribution in [0, 0.1) is 11.8 Å². The van der Waals surface area contributed by atoms with Crippen LogP contribution in [0.2, 0.25) is 0 Å². The number of hydrogen-bond donors (Lipinski definition) is 1. The third-order valence-corrected chi connectivity index (χ3v) is 4.38. The SMILES string of the molecule is CCCCC1CCC(C(=O)N(C)CC(O)COC)CC1. The second kappa shape index (κ2) is 9.35. The van der Waals surface area contributed by atoms with Gasteiger partial charge in [-0.15, -0.1) is 0 Å². The first-order valence-corrected chi connectivity index (χ1v) is 8.00. The number of unbranched alkanes of at least 4 members (excludes halogenated alkanes) is 1. The average Bonchev–Trinajstić information content (AvgIpc) is 2.45. The third kappa shape index (κ3) is 5.80. The van der Waals surface area contributed by atoms with Crippen LogP contribution in [0.3, 0.4) is 0 Å². The largest absolute Gasteiger partial charge is 0.389 e. The summed E-state index contributed by atoms with van der Waals surface area (Å²) in [6, 6.07) is 0. The molecule has 0 bridgehead atoms. The molecule has 1 rings (SSSR count). The van der Waals surface area contributed by atoms with E-state index in [1.54, 1.807) is 19.1 Å². The molecular weight excluding hydrogens is 254 g/mol. The summed E-state index contributed by atoms with van der Waals surface area (Å²) in [5.74, 6) is 1.17. The molecule has 1 N–H and O–H groups in total. The van der Waals surface area contributed by atoms with Gasteiger partial charge in [-0.05, 0) is 31.6 Å². The minimum Gasteiger partial charge on any atom is -0.389 e. The number of methoxy groups -OCH3 is 1. The van der Waals surface area contributed by atoms with E-state index in [-0.39, 0.29) is 18.4 Å². The number of aliphatic hydroxyl groups is 1. The number of ether oxygens (including phenoxy) is 1. The van der Waals surface area contributed by atoms with Crippen LogP contribution in [0.25, 0.3) is 0 Å². The summed E-state index contributed by atoms with van der Waals surface area (Å²) in [5, 5.41) is 9.69. The Kier molecular flexibility index (Phi) is 8.15. The van der Waals surface area contributed by atoms with Crippen LogP contribution in [-0.2, 0) is 9.53 Å². The Morgan fingerprint density at radius 2 is 2.00 bits per heavy atom. The second-order valence-electron chi connectivity index (χ2n) is 6.19. The quantitative estimate of drug-likeness (QED) is 0.745. The standard InChI is InChI=1S/C16H31NO3/c1-4-5-6-13-7-9-14(10-8-13)16(19)17(2)11-15(18)12-20-3/h13-15,18H,4-12H2,1-3H3. The predicted octanol–water partition coefficient (Wildman–Crippen LogP) is 2.45. The monoisotopic (exact) mass is 285 g/mol. The van der Waals surface area contributed by atoms with Gasteiger partial charge in [0.05, 0.1) is 12.7 Å². The summed E-state index contributed by atoms with van der Waals surface area (Å²) >= 11 is 0. The number of rotatable bonds is 8. The van der Waals surface area contributed by atoms with Crippen molar-refractivity contribution in [1.82, 2.24) is 4.90 Å². The van der Waals surface area contributed by atoms with Crippen molar-refractivity contribution in [3.05, 3.63) is 0 Å². The van der Waals surface area contributed by atoms with Crippen molar-refractivity contribution >= 4 is 5.91 Å². The Morgan fingerprint density at radius 1 is 1.35 bits per heavy atom. The molecule has 1 aliphatic carbocycles. The van der Waals surface area contributed by atoms with Gasteiger partial charge in [0.25, 0.3) is 0 Å². The maximum absolute atomic E-state index is 12.3. The first-order valence-electron chi connectivity index (χ1n) is 8.00. The highest BCUT2D eigenvalue weighted by molar-refractivity contribution is 5.78. The summed E-state index contributed by atoms with van der Waals surface area (Å²) < 4.78 is 4.89. The minimum atomic E-state index is -0.588. The van der Waals surface area contributed by atoms with Gasteiger partial charge in [0, 0.05) is 26.6 Å². The average molecular weight is 285 g/mol. The molecule has 0 radical (unpaired) electrons. The van der Waals surface area contributed by atoms with E-state index in [1.165, 1.54) is 32.1 Å². The van der Waals surface area contributed by atoms with Crippen LogP contribution in [0.5, 0.6) is 0 Å². The Morgan fingerprint density at radius 3 is 2.55 bits per heavy atom. The van der Waals surface area contributed by atoms with E-state index in [4.69, 9.17) is 4.74 Å². The van der Waals surface area contributed by atoms with Crippen molar-refractivity contribution in [1.29, 1.82) is 0 Å². The molecule has 0 spiro atoms. The zero-order valence-corrected chi connectivity index (χ0v) is 13.3. The number of hydrogen-bond acceptors (Lipinski definition) is 3. The number of carbonyl (C=O) groups excluding carboxylic acids is 1. The van der Waals surface area contributed by atoms with Gasteiger partial charge in [-0.1, -0.05) is 26.2 Å². The number of amides is 1. The molecule has 0 aliphatic heterocycles. The van der Waals surface area contributed by atoms with Gasteiger partial charge in [0.1, 0.15) is 0 Å². The molecule has 0 heterocycles. The van der Waals surface area contributed by atoms with Crippen LogP contribution in [0.1, 0.15) is 51.9 Å². The van der Waals surface area contributed by atoms with E-state index in [9.17, 15) is 9.90 Å². The molecule has 1 atom stereocenters. The van der Waals surface area contributed by atoms with E-state index in [0.717, 1.165) is 18.8 Å². The molecule has 4 heteroatoms. The van der Waals surface area contributed by atoms with Gasteiger partial charge in [-0.3, -0.25) is 4.79 Å². The van der Waals surface area contributed by atoms with Crippen LogP contribution in [0.15, 0.2) is 0 Å². The van der Waals surface area contributed by atoms with Crippen molar-refractivity contribution in [2.24, 2.45) is 11.8 Å². The maximum Gasteiger partial charge on any atom is 0.225 e. The van der Waals surface area contributed by atoms with Crippen LogP contribution < -0.4 is 0 Å². The summed E-state index contributed by atoms with van der Waals surface area (Å²) in [6.07, 6.45) is 7.70. The Labute approximate surface area is 123 Å². The molecule has 1 aliphatic rings. The van der Waals surface area contributed by atoms with E-state index >= 15 is 0 Å². The molecule has 1 fully saturated rings. The summed E-state index contributed by atoms with van der Waals surface area (Å²) in [7, 11) is 3.34. The lowest BCUT2D eigenvalue weighted by Gasteiger charge is -2.31. The molecule has 4 nitrogen and oxygen atoms in total. The third-order valence-electron chi connectivity index (χ3n) is 4.38. The van der Waals surface area contributed by atoms with E-state index in [1.807, 2.05) is 0 Å². The zero-order valence-electron chi connectivity index (χ0n) is 13.3. The maximum atomic E-state index is 12.3. The summed E-state index contributed by atoms with van der Waals surface area (Å²) in [6.45, 7) is 2.87. The molecule has 0 aromatic carbocycles. The van der Waals surface area contributed by atoms with Crippen molar-refractivity contribution < 1.29 is 14.6 Å². The molecule has 0 aromatic heterocycles. The summed E-state index contributed by atoms with van der Waals surface area (Å²) in [4.78, 5) is 14.0. The number of carbonyl (C=O) groups is 1. The molecule has 118 valence electrons. The van der Waals surface area contributed by atoms with Gasteiger partial charge in [0.2, 0.25) is 5.91 Å². The van der Waals surface area contributed by atoms with E-state index in [2.05, 4.69) is 6.92 Å². The molecule has 1 saturated carbocycles. The summed E-state index contributed by atoms with van der Waals surface area (Å²) in [5.41, 5.74) is 0. The minimum absolute atomic E-state index is 0.160. The van der Waals surface area contributed by atoms with Crippen molar-refractivity contribution in [3.63, 3.8) is 0 Å². The van der Waals surface area contributed by atoms with Gasteiger partial charge >= 0.3 is 0 Å².